The molecule has 0 aliphatic rings. The van der Waals surface area contributed by atoms with E-state index in [0.29, 0.717) is 39.5 Å². The van der Waals surface area contributed by atoms with Crippen molar-refractivity contribution in [3.05, 3.63) is 97.5 Å². The van der Waals surface area contributed by atoms with Crippen molar-refractivity contribution in [3.8, 4) is 23.3 Å². The van der Waals surface area contributed by atoms with Gasteiger partial charge in [0.15, 0.2) is 11.5 Å². The van der Waals surface area contributed by atoms with E-state index in [1.807, 2.05) is 25.1 Å². The number of nitro benzene ring substituents is 1. The quantitative estimate of drug-likeness (QED) is 0.139. The lowest BCUT2D eigenvalue weighted by Gasteiger charge is -2.15. The average molecular weight is 566 g/mol. The first-order chi connectivity index (χ1) is 17.8. The van der Waals surface area contributed by atoms with Crippen LogP contribution in [0.5, 0.6) is 17.2 Å². The lowest BCUT2D eigenvalue weighted by atomic mass is 10.1. The average Bonchev–Trinajstić information content (AvgIpc) is 2.90. The summed E-state index contributed by atoms with van der Waals surface area (Å²) in [5, 5.41) is 23.4. The summed E-state index contributed by atoms with van der Waals surface area (Å²) in [7, 11) is 1.58. The molecule has 0 aliphatic heterocycles. The second kappa shape index (κ2) is 13.1. The second-order valence-electron chi connectivity index (χ2n) is 7.68. The van der Waals surface area contributed by atoms with Crippen molar-refractivity contribution in [2.75, 3.05) is 13.7 Å². The highest BCUT2D eigenvalue weighted by Gasteiger charge is 2.15. The smallest absolute Gasteiger partial charge is 0.269 e. The fourth-order valence-corrected chi connectivity index (χ4v) is 3.90. The highest BCUT2D eigenvalue weighted by Crippen LogP contribution is 2.38. The minimum Gasteiger partial charge on any atom is -0.497 e. The van der Waals surface area contributed by atoms with Gasteiger partial charge in [-0.15, -0.1) is 0 Å². The first-order valence-electron chi connectivity index (χ1n) is 11.2. The summed E-state index contributed by atoms with van der Waals surface area (Å²) < 4.78 is 17.3. The Balaban J connectivity index is 1.77. The predicted molar refractivity (Wildman–Crippen MR) is 141 cm³/mol. The van der Waals surface area contributed by atoms with E-state index < -0.39 is 10.8 Å². The molecule has 3 aromatic rings. The van der Waals surface area contributed by atoms with Gasteiger partial charge in [0.25, 0.3) is 11.6 Å². The number of hydrogen-bond acceptors (Lipinski definition) is 7. The predicted octanol–water partition coefficient (Wildman–Crippen LogP) is 5.57. The topological polar surface area (TPSA) is 124 Å². The van der Waals surface area contributed by atoms with Gasteiger partial charge in [-0.2, -0.15) is 5.26 Å². The number of halogens is 1. The Hall–Kier alpha value is -4.36. The van der Waals surface area contributed by atoms with Gasteiger partial charge in [-0.25, -0.2) is 0 Å². The number of amides is 1. The molecule has 0 saturated heterocycles. The molecular formula is C27H24BrN3O6. The van der Waals surface area contributed by atoms with E-state index >= 15 is 0 Å². The van der Waals surface area contributed by atoms with E-state index in [9.17, 15) is 20.2 Å². The third kappa shape index (κ3) is 7.56. The van der Waals surface area contributed by atoms with E-state index in [0.717, 1.165) is 5.56 Å². The van der Waals surface area contributed by atoms with E-state index in [-0.39, 0.29) is 24.4 Å². The van der Waals surface area contributed by atoms with Gasteiger partial charge in [0.05, 0.1) is 23.1 Å². The molecule has 9 nitrogen and oxygen atoms in total. The van der Waals surface area contributed by atoms with Crippen LogP contribution in [0.1, 0.15) is 23.6 Å². The van der Waals surface area contributed by atoms with Crippen molar-refractivity contribution < 1.29 is 23.9 Å². The molecule has 0 aliphatic carbocycles. The number of carbonyl (C=O) groups is 1. The maximum absolute atomic E-state index is 12.6. The highest BCUT2D eigenvalue weighted by atomic mass is 79.9. The number of nitrogens with one attached hydrogen (secondary N) is 1. The number of non-ortho nitro benzene ring substituents is 1. The van der Waals surface area contributed by atoms with Crippen LogP contribution < -0.4 is 19.5 Å². The van der Waals surface area contributed by atoms with Crippen molar-refractivity contribution in [2.45, 2.75) is 20.1 Å². The maximum Gasteiger partial charge on any atom is 0.269 e. The van der Waals surface area contributed by atoms with Gasteiger partial charge < -0.3 is 19.5 Å². The van der Waals surface area contributed by atoms with Crippen LogP contribution in [0.4, 0.5) is 5.69 Å². The van der Waals surface area contributed by atoms with Crippen LogP contribution in [0.25, 0.3) is 6.08 Å². The van der Waals surface area contributed by atoms with E-state index in [1.54, 1.807) is 43.5 Å². The van der Waals surface area contributed by atoms with Gasteiger partial charge >= 0.3 is 0 Å². The molecule has 0 saturated carbocycles. The van der Waals surface area contributed by atoms with Gasteiger partial charge in [-0.1, -0.05) is 24.3 Å². The zero-order valence-corrected chi connectivity index (χ0v) is 21.8. The lowest BCUT2D eigenvalue weighted by Crippen LogP contribution is -2.23. The molecule has 1 amide bonds. The Bertz CT molecular complexity index is 1350. The standard InChI is InChI=1S/C27H24BrN3O6/c1-3-36-25-14-20(11-21(15-29)27(32)30-16-18-7-9-23(35-2)10-8-18)13-24(28)26(25)37-17-19-5-4-6-22(12-19)31(33)34/h4-14H,3,16-17H2,1-2H3,(H,30,32)/b21-11-. The molecule has 0 aromatic heterocycles. The Morgan fingerprint density at radius 2 is 1.89 bits per heavy atom. The fourth-order valence-electron chi connectivity index (χ4n) is 3.33. The zero-order valence-electron chi connectivity index (χ0n) is 20.2. The summed E-state index contributed by atoms with van der Waals surface area (Å²) in [6.07, 6.45) is 1.46. The molecule has 0 spiro atoms. The number of hydrogen-bond donors (Lipinski definition) is 1. The first kappa shape index (κ1) is 27.2. The fraction of sp³-hybridized carbons (Fsp3) is 0.185. The number of rotatable bonds is 11. The third-order valence-corrected chi connectivity index (χ3v) is 5.71. The largest absolute Gasteiger partial charge is 0.497 e. The summed E-state index contributed by atoms with van der Waals surface area (Å²) in [4.78, 5) is 23.2. The zero-order chi connectivity index (χ0) is 26.8. The van der Waals surface area contributed by atoms with Crippen molar-refractivity contribution in [2.24, 2.45) is 0 Å². The van der Waals surface area contributed by atoms with Crippen LogP contribution in [0.2, 0.25) is 0 Å². The van der Waals surface area contributed by atoms with Gasteiger partial charge in [0, 0.05) is 18.7 Å². The molecular weight excluding hydrogens is 542 g/mol. The number of nitrogens with zero attached hydrogens (tertiary/aromatic N) is 2. The monoisotopic (exact) mass is 565 g/mol. The Morgan fingerprint density at radius 3 is 2.54 bits per heavy atom. The number of methoxy groups -OCH3 is 1. The summed E-state index contributed by atoms with van der Waals surface area (Å²) in [6, 6.07) is 18.7. The summed E-state index contributed by atoms with van der Waals surface area (Å²) in [6.45, 7) is 2.49. The van der Waals surface area contributed by atoms with Crippen LogP contribution in [0, 0.1) is 21.4 Å². The number of nitro groups is 1. The van der Waals surface area contributed by atoms with E-state index in [1.165, 1.54) is 18.2 Å². The Morgan fingerprint density at radius 1 is 1.14 bits per heavy atom. The molecule has 0 bridgehead atoms. The molecule has 1 N–H and O–H groups in total. The van der Waals surface area contributed by atoms with Crippen molar-refractivity contribution in [1.29, 1.82) is 5.26 Å². The Kier molecular flexibility index (Phi) is 9.63. The molecule has 0 heterocycles. The molecule has 0 unspecified atom stereocenters. The van der Waals surface area contributed by atoms with E-state index in [2.05, 4.69) is 21.2 Å². The summed E-state index contributed by atoms with van der Waals surface area (Å²) >= 11 is 3.46. The van der Waals surface area contributed by atoms with Crippen LogP contribution in [0.15, 0.2) is 70.7 Å². The van der Waals surface area contributed by atoms with Gasteiger partial charge in [-0.05, 0) is 69.9 Å². The minimum absolute atomic E-state index is 0.0278. The van der Waals surface area contributed by atoms with E-state index in [4.69, 9.17) is 14.2 Å². The van der Waals surface area contributed by atoms with Gasteiger partial charge in [0.1, 0.15) is 24.0 Å². The molecule has 190 valence electrons. The van der Waals surface area contributed by atoms with Crippen LogP contribution in [0.3, 0.4) is 0 Å². The third-order valence-electron chi connectivity index (χ3n) is 5.12. The number of benzene rings is 3. The first-order valence-corrected chi connectivity index (χ1v) is 12.0. The maximum atomic E-state index is 12.6. The molecule has 3 rings (SSSR count). The van der Waals surface area contributed by atoms with Crippen LogP contribution in [-0.4, -0.2) is 24.5 Å². The van der Waals surface area contributed by atoms with Crippen molar-refractivity contribution in [1.82, 2.24) is 5.32 Å². The number of ether oxygens (including phenoxy) is 3. The van der Waals surface area contributed by atoms with Crippen LogP contribution >= 0.6 is 15.9 Å². The second-order valence-corrected chi connectivity index (χ2v) is 8.53. The summed E-state index contributed by atoms with van der Waals surface area (Å²) in [5.74, 6) is 0.983. The van der Waals surface area contributed by atoms with Crippen molar-refractivity contribution in [3.63, 3.8) is 0 Å². The normalized spacial score (nSPS) is 10.8. The molecule has 0 fully saturated rings. The van der Waals surface area contributed by atoms with Gasteiger partial charge in [-0.3, -0.25) is 14.9 Å². The molecule has 37 heavy (non-hydrogen) atoms. The number of carbonyl (C=O) groups excluding carboxylic acids is 1. The lowest BCUT2D eigenvalue weighted by molar-refractivity contribution is -0.384. The van der Waals surface area contributed by atoms with Crippen molar-refractivity contribution >= 4 is 33.6 Å². The Labute approximate surface area is 222 Å². The molecule has 10 heteroatoms. The minimum atomic E-state index is -0.515. The summed E-state index contributed by atoms with van der Waals surface area (Å²) in [5.41, 5.74) is 1.92. The highest BCUT2D eigenvalue weighted by molar-refractivity contribution is 9.10. The van der Waals surface area contributed by atoms with Gasteiger partial charge in [0.2, 0.25) is 0 Å². The SMILES string of the molecule is CCOc1cc(/C=C(/C#N)C(=O)NCc2ccc(OC)cc2)cc(Br)c1OCc1cccc([N+](=O)[O-])c1. The number of nitriles is 1. The molecule has 0 atom stereocenters. The molecule has 0 radical (unpaired) electrons. The van der Waals surface area contributed by atoms with Crippen LogP contribution in [-0.2, 0) is 17.9 Å². The molecule has 3 aromatic carbocycles.